The lowest BCUT2D eigenvalue weighted by molar-refractivity contribution is 0.353. The highest BCUT2D eigenvalue weighted by molar-refractivity contribution is 5.85. The van der Waals surface area contributed by atoms with Crippen molar-refractivity contribution in [3.8, 4) is 89.5 Å². The molecule has 9 aromatic rings. The van der Waals surface area contributed by atoms with Gasteiger partial charge in [0.15, 0.2) is 5.82 Å². The number of fused-ring (bicyclic) bond motifs is 5. The molecular formula is C58H44N2. The number of benzene rings is 8. The number of aromatic nitrogens is 2. The van der Waals surface area contributed by atoms with Gasteiger partial charge in [-0.25, -0.2) is 9.97 Å². The van der Waals surface area contributed by atoms with Crippen LogP contribution in [-0.4, -0.2) is 9.97 Å². The monoisotopic (exact) mass is 768 g/mol. The van der Waals surface area contributed by atoms with Crippen LogP contribution in [0.25, 0.3) is 89.5 Å². The highest BCUT2D eigenvalue weighted by atomic mass is 14.9. The first kappa shape index (κ1) is 36.0. The summed E-state index contributed by atoms with van der Waals surface area (Å²) in [5, 5.41) is 0. The second kappa shape index (κ2) is 15.2. The summed E-state index contributed by atoms with van der Waals surface area (Å²) in [6.45, 7) is 0. The topological polar surface area (TPSA) is 25.8 Å². The van der Waals surface area contributed by atoms with Crippen LogP contribution in [0.4, 0.5) is 0 Å². The Morgan fingerprint density at radius 3 is 1.30 bits per heavy atom. The highest BCUT2D eigenvalue weighted by Crippen LogP contribution is 2.56. The molecule has 11 rings (SSSR count). The first-order valence-corrected chi connectivity index (χ1v) is 21.4. The predicted molar refractivity (Wildman–Crippen MR) is 249 cm³/mol. The van der Waals surface area contributed by atoms with Gasteiger partial charge >= 0.3 is 0 Å². The Bertz CT molecular complexity index is 2960. The van der Waals surface area contributed by atoms with Crippen LogP contribution in [0.2, 0.25) is 0 Å². The predicted octanol–water partition coefficient (Wildman–Crippen LogP) is 15.4. The minimum atomic E-state index is 0.157. The summed E-state index contributed by atoms with van der Waals surface area (Å²) in [5.74, 6) is 0.717. The highest BCUT2D eigenvalue weighted by Gasteiger charge is 2.43. The van der Waals surface area contributed by atoms with Crippen molar-refractivity contribution in [1.82, 2.24) is 9.97 Å². The number of nitrogens with zero attached hydrogens (tertiary/aromatic N) is 2. The number of hydrogen-bond acceptors (Lipinski definition) is 2. The smallest absolute Gasteiger partial charge is 0.160 e. The summed E-state index contributed by atoms with van der Waals surface area (Å²) in [6.07, 6.45) is 6.44. The Balaban J connectivity index is 0.861. The van der Waals surface area contributed by atoms with E-state index in [1.54, 1.807) is 5.56 Å². The van der Waals surface area contributed by atoms with Crippen LogP contribution < -0.4 is 0 Å². The fraction of sp³-hybridized carbons (Fsp3) is 0.103. The maximum Gasteiger partial charge on any atom is 0.160 e. The lowest BCUT2D eigenvalue weighted by atomic mass is 9.67. The van der Waals surface area contributed by atoms with Gasteiger partial charge in [-0.2, -0.15) is 0 Å². The molecule has 2 heteroatoms. The molecule has 0 atom stereocenters. The zero-order valence-electron chi connectivity index (χ0n) is 33.6. The van der Waals surface area contributed by atoms with Gasteiger partial charge in [-0.3, -0.25) is 0 Å². The van der Waals surface area contributed by atoms with Crippen molar-refractivity contribution in [3.63, 3.8) is 0 Å². The average molecular weight is 769 g/mol. The molecule has 0 N–H and O–H groups in total. The van der Waals surface area contributed by atoms with E-state index in [4.69, 9.17) is 9.97 Å². The van der Waals surface area contributed by atoms with E-state index in [1.165, 1.54) is 93.3 Å². The van der Waals surface area contributed by atoms with Gasteiger partial charge in [0, 0.05) is 22.1 Å². The molecule has 1 fully saturated rings. The van der Waals surface area contributed by atoms with Crippen LogP contribution in [0.1, 0.15) is 43.2 Å². The molecule has 2 nitrogen and oxygen atoms in total. The van der Waals surface area contributed by atoms with Crippen LogP contribution >= 0.6 is 0 Å². The maximum atomic E-state index is 5.08. The third-order valence-electron chi connectivity index (χ3n) is 12.9. The van der Waals surface area contributed by atoms with Crippen molar-refractivity contribution in [2.24, 2.45) is 0 Å². The second-order valence-corrected chi connectivity index (χ2v) is 16.5. The zero-order valence-corrected chi connectivity index (χ0v) is 33.6. The summed E-state index contributed by atoms with van der Waals surface area (Å²) in [5.41, 5.74) is 20.8. The third kappa shape index (κ3) is 6.55. The van der Waals surface area contributed by atoms with Gasteiger partial charge in [-0.15, -0.1) is 0 Å². The molecule has 2 aliphatic carbocycles. The second-order valence-electron chi connectivity index (χ2n) is 16.5. The van der Waals surface area contributed by atoms with Crippen molar-refractivity contribution in [2.45, 2.75) is 37.5 Å². The largest absolute Gasteiger partial charge is 0.228 e. The van der Waals surface area contributed by atoms with Crippen molar-refractivity contribution in [2.75, 3.05) is 0 Å². The Morgan fingerprint density at radius 1 is 0.283 bits per heavy atom. The molecule has 8 aromatic carbocycles. The lowest BCUT2D eigenvalue weighted by Gasteiger charge is -2.36. The molecular weight excluding hydrogens is 725 g/mol. The molecule has 1 spiro atoms. The number of hydrogen-bond donors (Lipinski definition) is 0. The first-order valence-electron chi connectivity index (χ1n) is 21.4. The summed E-state index contributed by atoms with van der Waals surface area (Å²) in [6, 6.07) is 74.7. The van der Waals surface area contributed by atoms with Gasteiger partial charge in [-0.1, -0.05) is 207 Å². The summed E-state index contributed by atoms with van der Waals surface area (Å²) < 4.78 is 0. The molecule has 60 heavy (non-hydrogen) atoms. The molecule has 0 bridgehead atoms. The van der Waals surface area contributed by atoms with Crippen LogP contribution in [-0.2, 0) is 5.41 Å². The van der Waals surface area contributed by atoms with Gasteiger partial charge in [0.1, 0.15) is 0 Å². The Hall–Kier alpha value is -7.16. The standard InChI is InChI=1S/C58H44N2/c1-4-13-40(14-5-1)41-25-29-45(30-26-41)55-39-56(60-57(59-55)47-15-6-2-7-16-47)46-31-27-43(28-32-46)42-21-23-44(24-22-42)48-17-12-18-49(37-48)50-33-34-52-51-19-8-9-20-53(51)58(54(52)38-50)35-10-3-11-36-58/h1-2,4-9,12-34,37-39H,3,10-11,35-36H2. The quantitative estimate of drug-likeness (QED) is 0.161. The molecule has 2 aliphatic rings. The van der Waals surface area contributed by atoms with Crippen LogP contribution in [0.5, 0.6) is 0 Å². The van der Waals surface area contributed by atoms with Crippen molar-refractivity contribution < 1.29 is 0 Å². The lowest BCUT2D eigenvalue weighted by Crippen LogP contribution is -2.28. The molecule has 0 amide bonds. The van der Waals surface area contributed by atoms with Crippen molar-refractivity contribution >= 4 is 0 Å². The molecule has 0 unspecified atom stereocenters. The van der Waals surface area contributed by atoms with Crippen molar-refractivity contribution in [1.29, 1.82) is 0 Å². The molecule has 1 aromatic heterocycles. The Kier molecular flexibility index (Phi) is 9.12. The van der Waals surface area contributed by atoms with Gasteiger partial charge < -0.3 is 0 Å². The average Bonchev–Trinajstić information content (AvgIpc) is 3.60. The van der Waals surface area contributed by atoms with E-state index in [1.807, 2.05) is 24.3 Å². The van der Waals surface area contributed by atoms with Crippen LogP contribution in [0.3, 0.4) is 0 Å². The first-order chi connectivity index (χ1) is 29.7. The molecule has 286 valence electrons. The van der Waals surface area contributed by atoms with E-state index < -0.39 is 0 Å². The van der Waals surface area contributed by atoms with Gasteiger partial charge in [0.2, 0.25) is 0 Å². The molecule has 0 saturated heterocycles. The SMILES string of the molecule is c1ccc(-c2ccc(-c3cc(-c4ccc(-c5ccc(-c6cccc(-c7ccc8c(c7)C7(CCCCC7)c7ccccc7-8)c6)cc5)cc4)nc(-c4ccccc4)n3)cc2)cc1. The van der Waals surface area contributed by atoms with E-state index >= 15 is 0 Å². The van der Waals surface area contributed by atoms with Gasteiger partial charge in [0.25, 0.3) is 0 Å². The van der Waals surface area contributed by atoms with Crippen molar-refractivity contribution in [3.05, 3.63) is 217 Å². The van der Waals surface area contributed by atoms with E-state index in [-0.39, 0.29) is 5.41 Å². The van der Waals surface area contributed by atoms with E-state index in [2.05, 4.69) is 182 Å². The van der Waals surface area contributed by atoms with Crippen LogP contribution in [0.15, 0.2) is 206 Å². The van der Waals surface area contributed by atoms with Crippen LogP contribution in [0, 0.1) is 0 Å². The fourth-order valence-corrected chi connectivity index (χ4v) is 9.82. The number of rotatable bonds is 7. The summed E-state index contributed by atoms with van der Waals surface area (Å²) in [4.78, 5) is 10.1. The van der Waals surface area contributed by atoms with E-state index in [0.29, 0.717) is 5.82 Å². The molecule has 0 aliphatic heterocycles. The fourth-order valence-electron chi connectivity index (χ4n) is 9.82. The summed E-state index contributed by atoms with van der Waals surface area (Å²) in [7, 11) is 0. The normalized spacial score (nSPS) is 13.8. The zero-order chi connectivity index (χ0) is 39.9. The Labute approximate surface area is 353 Å². The maximum absolute atomic E-state index is 5.08. The molecule has 1 saturated carbocycles. The van der Waals surface area contributed by atoms with E-state index in [0.717, 1.165) is 28.1 Å². The van der Waals surface area contributed by atoms with Gasteiger partial charge in [-0.05, 0) is 97.8 Å². The Morgan fingerprint density at radius 2 is 0.700 bits per heavy atom. The molecule has 0 radical (unpaired) electrons. The minimum absolute atomic E-state index is 0.157. The molecule has 1 heterocycles. The third-order valence-corrected chi connectivity index (χ3v) is 12.9. The minimum Gasteiger partial charge on any atom is -0.228 e. The van der Waals surface area contributed by atoms with Gasteiger partial charge in [0.05, 0.1) is 11.4 Å². The summed E-state index contributed by atoms with van der Waals surface area (Å²) >= 11 is 0. The van der Waals surface area contributed by atoms with E-state index in [9.17, 15) is 0 Å².